The maximum atomic E-state index is 9.92. The molecule has 2 saturated heterocycles. The molecule has 2 aliphatic rings. The number of fused-ring (bicyclic) bond motifs is 1. The predicted octanol–water partition coefficient (Wildman–Crippen LogP) is 3.63. The molecule has 10 heteroatoms. The number of nitrogens with zero attached hydrogens (tertiary/aromatic N) is 7. The average Bonchev–Trinajstić information content (AvgIpc) is 3.41. The fourth-order valence-corrected chi connectivity index (χ4v) is 5.65. The number of hydrogen-bond donors (Lipinski definition) is 1. The second-order valence-corrected chi connectivity index (χ2v) is 10.6. The lowest BCUT2D eigenvalue weighted by Crippen LogP contribution is -2.47. The molecule has 6 rings (SSSR count). The molecule has 4 aromatic rings. The fourth-order valence-electron chi connectivity index (χ4n) is 5.41. The molecule has 204 valence electrons. The second kappa shape index (κ2) is 10.9. The van der Waals surface area contributed by atoms with E-state index in [0.717, 1.165) is 92.1 Å². The van der Waals surface area contributed by atoms with Crippen molar-refractivity contribution in [3.8, 4) is 17.0 Å². The zero-order valence-electron chi connectivity index (χ0n) is 22.4. The summed E-state index contributed by atoms with van der Waals surface area (Å²) in [4.78, 5) is 19.4. The maximum Gasteiger partial charge on any atom is 0.139 e. The van der Waals surface area contributed by atoms with Crippen LogP contribution in [-0.2, 0) is 6.61 Å². The smallest absolute Gasteiger partial charge is 0.139 e. The van der Waals surface area contributed by atoms with E-state index < -0.39 is 0 Å². The SMILES string of the molecule is COc1cc(CO)c(-c2cn3ccc(N4CCN(c5cccc(N6CCN(C)CC6)n5)CC4)cc3n2)cc1Cl. The lowest BCUT2D eigenvalue weighted by Gasteiger charge is -2.37. The van der Waals surface area contributed by atoms with Gasteiger partial charge in [0.05, 0.1) is 24.4 Å². The molecule has 5 heterocycles. The third kappa shape index (κ3) is 5.22. The molecule has 0 spiro atoms. The Labute approximate surface area is 233 Å². The number of aliphatic hydroxyl groups is 1. The van der Waals surface area contributed by atoms with Crippen LogP contribution in [0.2, 0.25) is 5.02 Å². The summed E-state index contributed by atoms with van der Waals surface area (Å²) >= 11 is 6.38. The number of hydrogen-bond acceptors (Lipinski definition) is 8. The summed E-state index contributed by atoms with van der Waals surface area (Å²) in [5.41, 5.74) is 4.28. The van der Waals surface area contributed by atoms with Crippen LogP contribution in [0.3, 0.4) is 0 Å². The van der Waals surface area contributed by atoms with Gasteiger partial charge in [0.25, 0.3) is 0 Å². The Balaban J connectivity index is 1.16. The van der Waals surface area contributed by atoms with Gasteiger partial charge in [0.1, 0.15) is 23.0 Å². The third-order valence-corrected chi connectivity index (χ3v) is 8.08. The molecule has 1 N–H and O–H groups in total. The number of imidazole rings is 1. The van der Waals surface area contributed by atoms with Crippen LogP contribution in [0.15, 0.2) is 54.9 Å². The lowest BCUT2D eigenvalue weighted by atomic mass is 10.1. The largest absolute Gasteiger partial charge is 0.495 e. The van der Waals surface area contributed by atoms with Gasteiger partial charge in [0.15, 0.2) is 0 Å². The molecule has 0 atom stereocenters. The summed E-state index contributed by atoms with van der Waals surface area (Å²) in [7, 11) is 3.74. The lowest BCUT2D eigenvalue weighted by molar-refractivity contribution is 0.281. The topological polar surface area (TPSA) is 72.6 Å². The Kier molecular flexibility index (Phi) is 7.20. The first-order chi connectivity index (χ1) is 19.0. The van der Waals surface area contributed by atoms with Gasteiger partial charge in [-0.15, -0.1) is 0 Å². The first-order valence-electron chi connectivity index (χ1n) is 13.4. The van der Waals surface area contributed by atoms with Crippen LogP contribution in [0.1, 0.15) is 5.56 Å². The molecular formula is C29H34ClN7O2. The standard InChI is InChI=1S/C29H34ClN7O2/c1-33-8-10-35(11-9-33)27-4-3-5-28(32-27)36-14-12-34(13-15-36)22-6-7-37-19-25(31-29(37)17-22)23-18-24(30)26(39-2)16-21(23)20-38/h3-7,16-19,38H,8-15,20H2,1-2H3. The summed E-state index contributed by atoms with van der Waals surface area (Å²) in [6.45, 7) is 7.70. The van der Waals surface area contributed by atoms with Crippen molar-refractivity contribution in [2.45, 2.75) is 6.61 Å². The Hall–Kier alpha value is -3.53. The van der Waals surface area contributed by atoms with Gasteiger partial charge in [0.2, 0.25) is 0 Å². The Bertz CT molecular complexity index is 1460. The van der Waals surface area contributed by atoms with Crippen LogP contribution >= 0.6 is 11.6 Å². The molecular weight excluding hydrogens is 514 g/mol. The van der Waals surface area contributed by atoms with Gasteiger partial charge in [-0.05, 0) is 42.9 Å². The Morgan fingerprint density at radius 1 is 0.872 bits per heavy atom. The van der Waals surface area contributed by atoms with Crippen molar-refractivity contribution in [3.63, 3.8) is 0 Å². The summed E-state index contributed by atoms with van der Waals surface area (Å²) < 4.78 is 7.31. The van der Waals surface area contributed by atoms with Crippen molar-refractivity contribution in [1.82, 2.24) is 19.3 Å². The quantitative estimate of drug-likeness (QED) is 0.392. The summed E-state index contributed by atoms with van der Waals surface area (Å²) in [5, 5.41) is 10.4. The molecule has 2 aliphatic heterocycles. The van der Waals surface area contributed by atoms with Crippen molar-refractivity contribution in [1.29, 1.82) is 0 Å². The van der Waals surface area contributed by atoms with E-state index in [-0.39, 0.29) is 6.61 Å². The van der Waals surface area contributed by atoms with Gasteiger partial charge in [-0.3, -0.25) is 0 Å². The number of piperazine rings is 2. The zero-order chi connectivity index (χ0) is 26.9. The number of anilines is 3. The summed E-state index contributed by atoms with van der Waals surface area (Å²) in [6.07, 6.45) is 4.01. The fraction of sp³-hybridized carbons (Fsp3) is 0.379. The normalized spacial score (nSPS) is 16.8. The summed E-state index contributed by atoms with van der Waals surface area (Å²) in [5.74, 6) is 2.67. The number of likely N-dealkylation sites (N-methyl/N-ethyl adjacent to an activating group) is 1. The molecule has 3 aromatic heterocycles. The van der Waals surface area contributed by atoms with Crippen molar-refractivity contribution >= 4 is 34.6 Å². The van der Waals surface area contributed by atoms with E-state index in [4.69, 9.17) is 26.3 Å². The Morgan fingerprint density at radius 3 is 2.21 bits per heavy atom. The van der Waals surface area contributed by atoms with E-state index in [9.17, 15) is 5.11 Å². The van der Waals surface area contributed by atoms with Gasteiger partial charge in [-0.1, -0.05) is 17.7 Å². The van der Waals surface area contributed by atoms with E-state index in [1.807, 2.05) is 16.8 Å². The predicted molar refractivity (Wildman–Crippen MR) is 156 cm³/mol. The highest BCUT2D eigenvalue weighted by Crippen LogP contribution is 2.34. The van der Waals surface area contributed by atoms with Crippen LogP contribution in [0.5, 0.6) is 5.75 Å². The van der Waals surface area contributed by atoms with E-state index in [1.54, 1.807) is 19.2 Å². The van der Waals surface area contributed by atoms with Gasteiger partial charge in [-0.2, -0.15) is 0 Å². The van der Waals surface area contributed by atoms with E-state index >= 15 is 0 Å². The number of aromatic nitrogens is 3. The minimum absolute atomic E-state index is 0.126. The van der Waals surface area contributed by atoms with E-state index in [1.165, 1.54) is 0 Å². The number of aliphatic hydroxyl groups excluding tert-OH is 1. The second-order valence-electron chi connectivity index (χ2n) is 10.2. The van der Waals surface area contributed by atoms with Crippen molar-refractivity contribution in [2.75, 3.05) is 81.2 Å². The Morgan fingerprint density at radius 2 is 1.54 bits per heavy atom. The third-order valence-electron chi connectivity index (χ3n) is 7.78. The minimum Gasteiger partial charge on any atom is -0.495 e. The van der Waals surface area contributed by atoms with Gasteiger partial charge in [-0.25, -0.2) is 9.97 Å². The first-order valence-corrected chi connectivity index (χ1v) is 13.8. The highest BCUT2D eigenvalue weighted by atomic mass is 35.5. The molecule has 1 aromatic carbocycles. The van der Waals surface area contributed by atoms with Crippen molar-refractivity contribution < 1.29 is 9.84 Å². The number of ether oxygens (including phenoxy) is 1. The number of halogens is 1. The molecule has 0 amide bonds. The van der Waals surface area contributed by atoms with Crippen LogP contribution in [0.25, 0.3) is 16.9 Å². The summed E-state index contributed by atoms with van der Waals surface area (Å²) in [6, 6.07) is 14.2. The van der Waals surface area contributed by atoms with Crippen LogP contribution in [0.4, 0.5) is 17.3 Å². The van der Waals surface area contributed by atoms with Crippen LogP contribution in [0, 0.1) is 0 Å². The minimum atomic E-state index is -0.126. The van der Waals surface area contributed by atoms with Crippen LogP contribution in [-0.4, -0.2) is 90.9 Å². The maximum absolute atomic E-state index is 9.92. The number of methoxy groups -OCH3 is 1. The molecule has 39 heavy (non-hydrogen) atoms. The highest BCUT2D eigenvalue weighted by Gasteiger charge is 2.21. The average molecular weight is 548 g/mol. The van der Waals surface area contributed by atoms with Gasteiger partial charge >= 0.3 is 0 Å². The van der Waals surface area contributed by atoms with Crippen molar-refractivity contribution in [2.24, 2.45) is 0 Å². The van der Waals surface area contributed by atoms with E-state index in [0.29, 0.717) is 10.8 Å². The number of benzene rings is 1. The molecule has 0 unspecified atom stereocenters. The highest BCUT2D eigenvalue weighted by molar-refractivity contribution is 6.32. The first kappa shape index (κ1) is 25.7. The monoisotopic (exact) mass is 547 g/mol. The molecule has 0 saturated carbocycles. The van der Waals surface area contributed by atoms with Gasteiger partial charge in [0, 0.05) is 82.1 Å². The molecule has 2 fully saturated rings. The van der Waals surface area contributed by atoms with Gasteiger partial charge < -0.3 is 33.8 Å². The number of rotatable bonds is 6. The molecule has 0 aliphatic carbocycles. The van der Waals surface area contributed by atoms with Crippen molar-refractivity contribution in [3.05, 3.63) is 65.4 Å². The number of pyridine rings is 2. The molecule has 9 nitrogen and oxygen atoms in total. The van der Waals surface area contributed by atoms with E-state index in [2.05, 4.69) is 57.0 Å². The molecule has 0 radical (unpaired) electrons. The van der Waals surface area contributed by atoms with Crippen LogP contribution < -0.4 is 19.4 Å². The zero-order valence-corrected chi connectivity index (χ0v) is 23.2. The molecule has 0 bridgehead atoms.